The van der Waals surface area contributed by atoms with Crippen molar-refractivity contribution in [2.24, 2.45) is 12.0 Å². The maximum atomic E-state index is 4.67. The van der Waals surface area contributed by atoms with Crippen LogP contribution in [0.15, 0.2) is 17.4 Å². The number of nitrogens with zero attached hydrogens (tertiary/aromatic N) is 3. The minimum atomic E-state index is 0.617. The Morgan fingerprint density at radius 2 is 2.25 bits per heavy atom. The van der Waals surface area contributed by atoms with Crippen molar-refractivity contribution in [2.45, 2.75) is 51.5 Å². The molecule has 0 aliphatic heterocycles. The van der Waals surface area contributed by atoms with Crippen LogP contribution >= 0.6 is 0 Å². The van der Waals surface area contributed by atoms with E-state index in [1.54, 1.807) is 0 Å². The average molecular weight is 277 g/mol. The third kappa shape index (κ3) is 4.87. The first-order valence-electron chi connectivity index (χ1n) is 7.80. The number of nitrogens with one attached hydrogen (secondary N) is 2. The summed E-state index contributed by atoms with van der Waals surface area (Å²) in [5.41, 5.74) is 1.29. The van der Waals surface area contributed by atoms with E-state index in [4.69, 9.17) is 0 Å². The largest absolute Gasteiger partial charge is 0.357 e. The molecule has 112 valence electrons. The van der Waals surface area contributed by atoms with Crippen LogP contribution in [-0.2, 0) is 13.5 Å². The van der Waals surface area contributed by atoms with Crippen molar-refractivity contribution in [2.75, 3.05) is 13.1 Å². The first kappa shape index (κ1) is 14.9. The van der Waals surface area contributed by atoms with Gasteiger partial charge in [-0.05, 0) is 38.2 Å². The third-order valence-electron chi connectivity index (χ3n) is 3.69. The van der Waals surface area contributed by atoms with E-state index in [2.05, 4.69) is 33.8 Å². The second-order valence-electron chi connectivity index (χ2n) is 5.51. The number of rotatable bonds is 6. The lowest BCUT2D eigenvalue weighted by molar-refractivity contribution is 0.613. The van der Waals surface area contributed by atoms with Crippen LogP contribution in [0, 0.1) is 0 Å². The Morgan fingerprint density at radius 3 is 2.90 bits per heavy atom. The van der Waals surface area contributed by atoms with Gasteiger partial charge >= 0.3 is 0 Å². The Hall–Kier alpha value is -1.52. The van der Waals surface area contributed by atoms with E-state index in [1.165, 1.54) is 31.2 Å². The molecule has 1 saturated carbocycles. The van der Waals surface area contributed by atoms with Gasteiger partial charge in [-0.2, -0.15) is 5.10 Å². The molecule has 0 spiro atoms. The molecule has 1 fully saturated rings. The highest BCUT2D eigenvalue weighted by Crippen LogP contribution is 2.17. The Balaban J connectivity index is 1.73. The molecule has 5 heteroatoms. The van der Waals surface area contributed by atoms with Gasteiger partial charge in [0.2, 0.25) is 0 Å². The molecular formula is C15H27N5. The molecule has 20 heavy (non-hydrogen) atoms. The van der Waals surface area contributed by atoms with E-state index in [0.29, 0.717) is 6.04 Å². The van der Waals surface area contributed by atoms with Crippen molar-refractivity contribution in [1.82, 2.24) is 20.4 Å². The molecule has 2 rings (SSSR count). The molecule has 2 N–H and O–H groups in total. The molecule has 1 aliphatic carbocycles. The highest BCUT2D eigenvalue weighted by atomic mass is 15.2. The monoisotopic (exact) mass is 277 g/mol. The number of hydrogen-bond acceptors (Lipinski definition) is 2. The molecule has 5 nitrogen and oxygen atoms in total. The van der Waals surface area contributed by atoms with Gasteiger partial charge in [0, 0.05) is 32.4 Å². The summed E-state index contributed by atoms with van der Waals surface area (Å²) >= 11 is 0. The standard InChI is InChI=1S/C15H27N5/c1-3-16-15(19-14-8-4-5-9-14)17-10-6-7-13-11-18-20(2)12-13/h11-12,14H,3-10H2,1-2H3,(H2,16,17,19). The Morgan fingerprint density at radius 1 is 1.45 bits per heavy atom. The van der Waals surface area contributed by atoms with Crippen molar-refractivity contribution < 1.29 is 0 Å². The van der Waals surface area contributed by atoms with Crippen LogP contribution in [0.3, 0.4) is 0 Å². The summed E-state index contributed by atoms with van der Waals surface area (Å²) in [5.74, 6) is 0.977. The minimum absolute atomic E-state index is 0.617. The fourth-order valence-electron chi connectivity index (χ4n) is 2.66. The molecule has 1 aromatic heterocycles. The van der Waals surface area contributed by atoms with Crippen molar-refractivity contribution in [3.05, 3.63) is 18.0 Å². The summed E-state index contributed by atoms with van der Waals surface area (Å²) in [6.45, 7) is 3.89. The van der Waals surface area contributed by atoms with Crippen LogP contribution < -0.4 is 10.6 Å². The summed E-state index contributed by atoms with van der Waals surface area (Å²) in [7, 11) is 1.95. The molecule has 0 bridgehead atoms. The van der Waals surface area contributed by atoms with Gasteiger partial charge in [-0.15, -0.1) is 0 Å². The summed E-state index contributed by atoms with van der Waals surface area (Å²) in [6, 6.07) is 0.617. The fourth-order valence-corrected chi connectivity index (χ4v) is 2.66. The van der Waals surface area contributed by atoms with Gasteiger partial charge in [-0.3, -0.25) is 9.67 Å². The Bertz CT molecular complexity index is 418. The zero-order valence-electron chi connectivity index (χ0n) is 12.7. The molecule has 0 amide bonds. The lowest BCUT2D eigenvalue weighted by Crippen LogP contribution is -2.42. The van der Waals surface area contributed by atoms with E-state index in [1.807, 2.05) is 17.9 Å². The quantitative estimate of drug-likeness (QED) is 0.474. The molecule has 0 unspecified atom stereocenters. The van der Waals surface area contributed by atoms with E-state index >= 15 is 0 Å². The maximum absolute atomic E-state index is 4.67. The maximum Gasteiger partial charge on any atom is 0.191 e. The zero-order chi connectivity index (χ0) is 14.2. The van der Waals surface area contributed by atoms with Crippen molar-refractivity contribution >= 4 is 5.96 Å². The predicted octanol–water partition coefficient (Wildman–Crippen LogP) is 1.85. The van der Waals surface area contributed by atoms with E-state index in [-0.39, 0.29) is 0 Å². The first-order chi connectivity index (χ1) is 9.78. The zero-order valence-corrected chi connectivity index (χ0v) is 12.7. The smallest absolute Gasteiger partial charge is 0.191 e. The van der Waals surface area contributed by atoms with Gasteiger partial charge in [0.05, 0.1) is 6.20 Å². The molecule has 1 aliphatic rings. The van der Waals surface area contributed by atoms with Gasteiger partial charge in [0.25, 0.3) is 0 Å². The fraction of sp³-hybridized carbons (Fsp3) is 0.733. The highest BCUT2D eigenvalue weighted by molar-refractivity contribution is 5.80. The summed E-state index contributed by atoms with van der Waals surface area (Å²) < 4.78 is 1.85. The third-order valence-corrected chi connectivity index (χ3v) is 3.69. The lowest BCUT2D eigenvalue weighted by Gasteiger charge is -2.16. The number of aryl methyl sites for hydroxylation is 2. The molecule has 1 heterocycles. The second-order valence-corrected chi connectivity index (χ2v) is 5.51. The SMILES string of the molecule is CCNC(=NCCCc1cnn(C)c1)NC1CCCC1. The molecule has 1 aromatic rings. The van der Waals surface area contributed by atoms with Crippen LogP contribution in [0.2, 0.25) is 0 Å². The van der Waals surface area contributed by atoms with Crippen LogP contribution in [0.1, 0.15) is 44.6 Å². The van der Waals surface area contributed by atoms with Crippen LogP contribution in [-0.4, -0.2) is 34.9 Å². The van der Waals surface area contributed by atoms with Crippen molar-refractivity contribution in [3.8, 4) is 0 Å². The van der Waals surface area contributed by atoms with Gasteiger partial charge in [-0.25, -0.2) is 0 Å². The van der Waals surface area contributed by atoms with Crippen molar-refractivity contribution in [3.63, 3.8) is 0 Å². The van der Waals surface area contributed by atoms with Crippen LogP contribution in [0.25, 0.3) is 0 Å². The first-order valence-corrected chi connectivity index (χ1v) is 7.80. The van der Waals surface area contributed by atoms with E-state index < -0.39 is 0 Å². The van der Waals surface area contributed by atoms with Gasteiger partial charge < -0.3 is 10.6 Å². The van der Waals surface area contributed by atoms with Gasteiger partial charge in [-0.1, -0.05) is 12.8 Å². The molecule has 0 saturated heterocycles. The highest BCUT2D eigenvalue weighted by Gasteiger charge is 2.15. The normalized spacial score (nSPS) is 16.6. The van der Waals surface area contributed by atoms with Crippen LogP contribution in [0.5, 0.6) is 0 Å². The number of aliphatic imine (C=N–C) groups is 1. The predicted molar refractivity (Wildman–Crippen MR) is 82.9 cm³/mol. The summed E-state index contributed by atoms with van der Waals surface area (Å²) in [5, 5.41) is 11.1. The van der Waals surface area contributed by atoms with Gasteiger partial charge in [0.15, 0.2) is 5.96 Å². The van der Waals surface area contributed by atoms with E-state index in [0.717, 1.165) is 31.9 Å². The summed E-state index contributed by atoms with van der Waals surface area (Å²) in [4.78, 5) is 4.67. The Kier molecular flexibility index (Phi) is 5.89. The topological polar surface area (TPSA) is 54.2 Å². The molecular weight excluding hydrogens is 250 g/mol. The van der Waals surface area contributed by atoms with Crippen molar-refractivity contribution in [1.29, 1.82) is 0 Å². The summed E-state index contributed by atoms with van der Waals surface area (Å²) in [6.07, 6.45) is 11.4. The Labute approximate surface area is 121 Å². The minimum Gasteiger partial charge on any atom is -0.357 e. The average Bonchev–Trinajstić information content (AvgIpc) is 3.06. The molecule has 0 atom stereocenters. The van der Waals surface area contributed by atoms with Crippen LogP contribution in [0.4, 0.5) is 0 Å². The number of guanidine groups is 1. The molecule has 0 aromatic carbocycles. The number of aromatic nitrogens is 2. The van der Waals surface area contributed by atoms with E-state index in [9.17, 15) is 0 Å². The number of hydrogen-bond donors (Lipinski definition) is 2. The molecule has 0 radical (unpaired) electrons. The second kappa shape index (κ2) is 7.92. The lowest BCUT2D eigenvalue weighted by atomic mass is 10.2. The van der Waals surface area contributed by atoms with Gasteiger partial charge in [0.1, 0.15) is 0 Å².